The zero-order chi connectivity index (χ0) is 9.84. The first-order valence-electron chi connectivity index (χ1n) is 5.04. The fourth-order valence-corrected chi connectivity index (χ4v) is 1.75. The largest absolute Gasteiger partial charge is 0.431 e. The van der Waals surface area contributed by atoms with Gasteiger partial charge in [-0.25, -0.2) is 0 Å². The molecule has 0 aromatic heterocycles. The van der Waals surface area contributed by atoms with Gasteiger partial charge in [-0.2, -0.15) is 0 Å². The maximum Gasteiger partial charge on any atom is 0.314 e. The third-order valence-corrected chi connectivity index (χ3v) is 2.70. The minimum atomic E-state index is -0.0754. The molecule has 0 aromatic carbocycles. The maximum atomic E-state index is 11.3. The molecule has 0 spiro atoms. The van der Waals surface area contributed by atoms with Crippen LogP contribution in [0.3, 0.4) is 0 Å². The molecular formula is C11H18O2. The lowest BCUT2D eigenvalue weighted by Gasteiger charge is -2.13. The number of ether oxygens (including phenoxy) is 1. The van der Waals surface area contributed by atoms with Gasteiger partial charge in [0, 0.05) is 6.42 Å². The fraction of sp³-hybridized carbons (Fsp3) is 0.727. The van der Waals surface area contributed by atoms with Gasteiger partial charge in [0.15, 0.2) is 0 Å². The Morgan fingerprint density at radius 3 is 2.85 bits per heavy atom. The van der Waals surface area contributed by atoms with Crippen molar-refractivity contribution in [3.8, 4) is 0 Å². The van der Waals surface area contributed by atoms with Gasteiger partial charge in [0.05, 0.1) is 5.92 Å². The standard InChI is InChI=1S/C11H18O2/c1-4-5-6-8(2)10-7-9(3)13-11(10)12/h8,10H,3-7H2,1-2H3. The molecule has 1 saturated heterocycles. The number of hydrogen-bond donors (Lipinski definition) is 0. The van der Waals surface area contributed by atoms with Gasteiger partial charge in [0.2, 0.25) is 0 Å². The number of carbonyl (C=O) groups excluding carboxylic acids is 1. The van der Waals surface area contributed by atoms with Crippen molar-refractivity contribution in [2.75, 3.05) is 0 Å². The summed E-state index contributed by atoms with van der Waals surface area (Å²) in [6.07, 6.45) is 4.22. The molecule has 0 aliphatic carbocycles. The number of carbonyl (C=O) groups is 1. The summed E-state index contributed by atoms with van der Waals surface area (Å²) >= 11 is 0. The second-order valence-electron chi connectivity index (χ2n) is 3.89. The molecule has 2 nitrogen and oxygen atoms in total. The van der Waals surface area contributed by atoms with Crippen molar-refractivity contribution < 1.29 is 9.53 Å². The van der Waals surface area contributed by atoms with E-state index >= 15 is 0 Å². The third kappa shape index (κ3) is 2.58. The average Bonchev–Trinajstić information content (AvgIpc) is 2.41. The highest BCUT2D eigenvalue weighted by molar-refractivity contribution is 5.76. The van der Waals surface area contributed by atoms with Crippen molar-refractivity contribution in [1.82, 2.24) is 0 Å². The topological polar surface area (TPSA) is 26.3 Å². The Morgan fingerprint density at radius 1 is 1.69 bits per heavy atom. The zero-order valence-electron chi connectivity index (χ0n) is 8.51. The molecule has 0 saturated carbocycles. The Hall–Kier alpha value is -0.790. The van der Waals surface area contributed by atoms with Crippen LogP contribution in [-0.4, -0.2) is 5.97 Å². The highest BCUT2D eigenvalue weighted by atomic mass is 16.5. The monoisotopic (exact) mass is 182 g/mol. The molecule has 1 fully saturated rings. The Kier molecular flexibility index (Phi) is 3.52. The van der Waals surface area contributed by atoms with Gasteiger partial charge < -0.3 is 4.74 Å². The molecule has 13 heavy (non-hydrogen) atoms. The van der Waals surface area contributed by atoms with E-state index in [0.29, 0.717) is 11.7 Å². The Balaban J connectivity index is 2.42. The summed E-state index contributed by atoms with van der Waals surface area (Å²) in [6.45, 7) is 7.96. The Bertz CT molecular complexity index is 208. The first kappa shape index (κ1) is 10.3. The normalized spacial score (nSPS) is 24.6. The van der Waals surface area contributed by atoms with E-state index in [9.17, 15) is 4.79 Å². The molecule has 0 bridgehead atoms. The van der Waals surface area contributed by atoms with Crippen LogP contribution in [0.5, 0.6) is 0 Å². The Labute approximate surface area is 80.0 Å². The molecule has 1 aliphatic rings. The quantitative estimate of drug-likeness (QED) is 0.625. The third-order valence-electron chi connectivity index (χ3n) is 2.70. The van der Waals surface area contributed by atoms with Crippen molar-refractivity contribution in [2.45, 2.75) is 39.5 Å². The van der Waals surface area contributed by atoms with Crippen molar-refractivity contribution in [3.63, 3.8) is 0 Å². The molecule has 1 heterocycles. The average molecular weight is 182 g/mol. The van der Waals surface area contributed by atoms with Gasteiger partial charge >= 0.3 is 5.97 Å². The summed E-state index contributed by atoms with van der Waals surface area (Å²) in [5, 5.41) is 0. The van der Waals surface area contributed by atoms with Crippen molar-refractivity contribution in [1.29, 1.82) is 0 Å². The van der Waals surface area contributed by atoms with Crippen molar-refractivity contribution in [2.24, 2.45) is 11.8 Å². The molecule has 2 unspecified atom stereocenters. The van der Waals surface area contributed by atoms with Gasteiger partial charge in [-0.15, -0.1) is 0 Å². The molecule has 2 atom stereocenters. The van der Waals surface area contributed by atoms with Crippen LogP contribution in [0.4, 0.5) is 0 Å². The number of rotatable bonds is 4. The van der Waals surface area contributed by atoms with Crippen LogP contribution in [0.25, 0.3) is 0 Å². The Morgan fingerprint density at radius 2 is 2.38 bits per heavy atom. The molecule has 0 radical (unpaired) electrons. The van der Waals surface area contributed by atoms with Gasteiger partial charge in [0.1, 0.15) is 5.76 Å². The van der Waals surface area contributed by atoms with Gasteiger partial charge in [-0.05, 0) is 12.3 Å². The smallest absolute Gasteiger partial charge is 0.314 e. The van der Waals surface area contributed by atoms with E-state index in [2.05, 4.69) is 20.4 Å². The lowest BCUT2D eigenvalue weighted by molar-refractivity contribution is -0.140. The number of esters is 1. The maximum absolute atomic E-state index is 11.3. The molecule has 1 rings (SSSR count). The van der Waals surface area contributed by atoms with E-state index in [-0.39, 0.29) is 11.9 Å². The van der Waals surface area contributed by atoms with E-state index in [1.54, 1.807) is 0 Å². The summed E-state index contributed by atoms with van der Waals surface area (Å²) in [6, 6.07) is 0. The molecular weight excluding hydrogens is 164 g/mol. The van der Waals surface area contributed by atoms with E-state index in [0.717, 1.165) is 12.8 Å². The van der Waals surface area contributed by atoms with Gasteiger partial charge in [-0.3, -0.25) is 4.79 Å². The number of hydrogen-bond acceptors (Lipinski definition) is 2. The number of allylic oxidation sites excluding steroid dienone is 1. The summed E-state index contributed by atoms with van der Waals surface area (Å²) < 4.78 is 4.94. The van der Waals surface area contributed by atoms with Gasteiger partial charge in [-0.1, -0.05) is 33.3 Å². The summed E-state index contributed by atoms with van der Waals surface area (Å²) in [4.78, 5) is 11.3. The molecule has 0 amide bonds. The van der Waals surface area contributed by atoms with Crippen molar-refractivity contribution in [3.05, 3.63) is 12.3 Å². The highest BCUT2D eigenvalue weighted by Crippen LogP contribution is 2.31. The van der Waals surface area contributed by atoms with E-state index in [1.165, 1.54) is 12.8 Å². The first-order valence-corrected chi connectivity index (χ1v) is 5.04. The molecule has 0 aromatic rings. The minimum absolute atomic E-state index is 0.0686. The van der Waals surface area contributed by atoms with Crippen molar-refractivity contribution >= 4 is 5.97 Å². The van der Waals surface area contributed by atoms with Crippen LogP contribution < -0.4 is 0 Å². The lowest BCUT2D eigenvalue weighted by Crippen LogP contribution is -2.16. The number of cyclic esters (lactones) is 1. The van der Waals surface area contributed by atoms with Crippen LogP contribution in [0.15, 0.2) is 12.3 Å². The fourth-order valence-electron chi connectivity index (χ4n) is 1.75. The second kappa shape index (κ2) is 4.45. The molecule has 74 valence electrons. The van der Waals surface area contributed by atoms with E-state index in [4.69, 9.17) is 4.74 Å². The van der Waals surface area contributed by atoms with E-state index in [1.807, 2.05) is 0 Å². The summed E-state index contributed by atoms with van der Waals surface area (Å²) in [5.74, 6) is 1.07. The van der Waals surface area contributed by atoms with Gasteiger partial charge in [0.25, 0.3) is 0 Å². The summed E-state index contributed by atoms with van der Waals surface area (Å²) in [5.41, 5.74) is 0. The molecule has 1 aliphatic heterocycles. The highest BCUT2D eigenvalue weighted by Gasteiger charge is 2.33. The molecule has 2 heteroatoms. The lowest BCUT2D eigenvalue weighted by atomic mass is 9.88. The number of unbranched alkanes of at least 4 members (excludes halogenated alkanes) is 1. The van der Waals surface area contributed by atoms with Crippen LogP contribution in [0, 0.1) is 11.8 Å². The first-order chi connectivity index (χ1) is 6.15. The van der Waals surface area contributed by atoms with Crippen LogP contribution in [0.1, 0.15) is 39.5 Å². The predicted molar refractivity (Wildman–Crippen MR) is 52.0 cm³/mol. The van der Waals surface area contributed by atoms with Crippen LogP contribution in [-0.2, 0) is 9.53 Å². The molecule has 0 N–H and O–H groups in total. The summed E-state index contributed by atoms with van der Waals surface area (Å²) in [7, 11) is 0. The van der Waals surface area contributed by atoms with Crippen LogP contribution >= 0.6 is 0 Å². The van der Waals surface area contributed by atoms with E-state index < -0.39 is 0 Å². The minimum Gasteiger partial charge on any atom is -0.431 e. The zero-order valence-corrected chi connectivity index (χ0v) is 8.51. The predicted octanol–water partition coefficient (Wildman–Crippen LogP) is 2.89. The second-order valence-corrected chi connectivity index (χ2v) is 3.89. The SMILES string of the molecule is C=C1CC(C(C)CCCC)C(=O)O1. The van der Waals surface area contributed by atoms with Crippen LogP contribution in [0.2, 0.25) is 0 Å².